The van der Waals surface area contributed by atoms with Crippen molar-refractivity contribution in [2.24, 2.45) is 0 Å². The van der Waals surface area contributed by atoms with E-state index in [1.807, 2.05) is 19.9 Å². The van der Waals surface area contributed by atoms with Gasteiger partial charge in [0.2, 0.25) is 0 Å². The van der Waals surface area contributed by atoms with E-state index in [1.165, 1.54) is 25.3 Å². The Kier molecular flexibility index (Phi) is 5.06. The molecule has 0 fully saturated rings. The lowest BCUT2D eigenvalue weighted by Crippen LogP contribution is -1.96. The van der Waals surface area contributed by atoms with Crippen molar-refractivity contribution in [3.05, 3.63) is 59.2 Å². The summed E-state index contributed by atoms with van der Waals surface area (Å²) in [4.78, 5) is 12.2. The van der Waals surface area contributed by atoms with Gasteiger partial charge in [0.15, 0.2) is 5.78 Å². The Morgan fingerprint density at radius 3 is 2.35 bits per heavy atom. The molecule has 4 heteroatoms. The highest BCUT2D eigenvalue weighted by Crippen LogP contribution is 2.33. The quantitative estimate of drug-likeness (QED) is 0.643. The molecule has 0 amide bonds. The second kappa shape index (κ2) is 7.01. The summed E-state index contributed by atoms with van der Waals surface area (Å²) in [6.45, 7) is 3.97. The summed E-state index contributed by atoms with van der Waals surface area (Å²) in [5.41, 5.74) is 2.00. The lowest BCUT2D eigenvalue weighted by molar-refractivity contribution is 0.104. The Labute approximate surface area is 135 Å². The van der Waals surface area contributed by atoms with Gasteiger partial charge < -0.3 is 14.9 Å². The third-order valence-corrected chi connectivity index (χ3v) is 3.57. The third kappa shape index (κ3) is 3.92. The molecule has 2 rings (SSSR count). The first-order valence-electron chi connectivity index (χ1n) is 7.34. The summed E-state index contributed by atoms with van der Waals surface area (Å²) in [7, 11) is 1.52. The number of ketones is 1. The number of benzene rings is 2. The van der Waals surface area contributed by atoms with Crippen LogP contribution in [0.15, 0.2) is 42.5 Å². The van der Waals surface area contributed by atoms with E-state index in [2.05, 4.69) is 0 Å². The number of aromatic hydroxyl groups is 2. The largest absolute Gasteiger partial charge is 0.508 e. The van der Waals surface area contributed by atoms with Crippen LogP contribution in [0.5, 0.6) is 17.2 Å². The SMILES string of the molecule is COc1cc(O)c(C(C)C)cc1/C=C/C(=O)c1ccc(O)cc1. The van der Waals surface area contributed by atoms with E-state index in [1.54, 1.807) is 24.3 Å². The average Bonchev–Trinajstić information content (AvgIpc) is 2.53. The normalized spacial score (nSPS) is 11.1. The van der Waals surface area contributed by atoms with Crippen molar-refractivity contribution in [1.82, 2.24) is 0 Å². The fourth-order valence-electron chi connectivity index (χ4n) is 2.26. The molecule has 0 aliphatic rings. The monoisotopic (exact) mass is 312 g/mol. The minimum atomic E-state index is -0.175. The van der Waals surface area contributed by atoms with Crippen LogP contribution in [0, 0.1) is 0 Å². The Morgan fingerprint density at radius 1 is 1.13 bits per heavy atom. The van der Waals surface area contributed by atoms with Crippen LogP contribution < -0.4 is 4.74 Å². The van der Waals surface area contributed by atoms with Crippen LogP contribution in [0.4, 0.5) is 0 Å². The lowest BCUT2D eigenvalue weighted by Gasteiger charge is -2.12. The van der Waals surface area contributed by atoms with Crippen LogP contribution in [0.2, 0.25) is 0 Å². The number of methoxy groups -OCH3 is 1. The highest BCUT2D eigenvalue weighted by atomic mass is 16.5. The van der Waals surface area contributed by atoms with Gasteiger partial charge in [0, 0.05) is 17.2 Å². The molecule has 2 aromatic carbocycles. The zero-order valence-corrected chi connectivity index (χ0v) is 13.4. The Morgan fingerprint density at radius 2 is 1.78 bits per heavy atom. The molecule has 0 unspecified atom stereocenters. The Hall–Kier alpha value is -2.75. The molecular weight excluding hydrogens is 292 g/mol. The predicted octanol–water partition coefficient (Wildman–Crippen LogP) is 4.13. The van der Waals surface area contributed by atoms with Crippen LogP contribution in [0.25, 0.3) is 6.08 Å². The number of ether oxygens (including phenoxy) is 1. The summed E-state index contributed by atoms with van der Waals surface area (Å²) in [5.74, 6) is 0.778. The van der Waals surface area contributed by atoms with Gasteiger partial charge >= 0.3 is 0 Å². The number of hydrogen-bond acceptors (Lipinski definition) is 4. The van der Waals surface area contributed by atoms with Gasteiger partial charge in [0.05, 0.1) is 7.11 Å². The number of phenolic OH excluding ortho intramolecular Hbond substituents is 2. The molecule has 0 heterocycles. The molecule has 0 atom stereocenters. The molecule has 4 nitrogen and oxygen atoms in total. The van der Waals surface area contributed by atoms with E-state index in [0.717, 1.165) is 11.1 Å². The first kappa shape index (κ1) is 16.6. The number of carbonyl (C=O) groups is 1. The summed E-state index contributed by atoms with van der Waals surface area (Å²) in [6, 6.07) is 9.45. The highest BCUT2D eigenvalue weighted by Gasteiger charge is 2.11. The molecule has 2 aromatic rings. The zero-order valence-electron chi connectivity index (χ0n) is 13.4. The van der Waals surface area contributed by atoms with E-state index in [4.69, 9.17) is 4.74 Å². The van der Waals surface area contributed by atoms with E-state index in [-0.39, 0.29) is 23.2 Å². The number of allylic oxidation sites excluding steroid dienone is 1. The van der Waals surface area contributed by atoms with Crippen molar-refractivity contribution in [3.63, 3.8) is 0 Å². The molecule has 23 heavy (non-hydrogen) atoms. The molecule has 0 spiro atoms. The summed E-state index contributed by atoms with van der Waals surface area (Å²) >= 11 is 0. The molecule has 0 aliphatic heterocycles. The molecule has 0 saturated carbocycles. The standard InChI is InChI=1S/C19H20O4/c1-12(2)16-10-14(19(23-3)11-18(16)22)6-9-17(21)13-4-7-15(20)8-5-13/h4-12,20,22H,1-3H3/b9-6+. The maximum atomic E-state index is 12.2. The Balaban J connectivity index is 2.32. The summed E-state index contributed by atoms with van der Waals surface area (Å²) in [5, 5.41) is 19.3. The number of phenols is 2. The zero-order chi connectivity index (χ0) is 17.0. The van der Waals surface area contributed by atoms with Crippen LogP contribution in [0.3, 0.4) is 0 Å². The second-order valence-electron chi connectivity index (χ2n) is 5.55. The van der Waals surface area contributed by atoms with Crippen molar-refractivity contribution < 1.29 is 19.7 Å². The van der Waals surface area contributed by atoms with Crippen molar-refractivity contribution >= 4 is 11.9 Å². The van der Waals surface area contributed by atoms with Crippen molar-refractivity contribution in [2.45, 2.75) is 19.8 Å². The van der Waals surface area contributed by atoms with Crippen LogP contribution in [-0.4, -0.2) is 23.1 Å². The van der Waals surface area contributed by atoms with Gasteiger partial charge in [-0.05, 0) is 54.0 Å². The van der Waals surface area contributed by atoms with Gasteiger partial charge in [-0.3, -0.25) is 4.79 Å². The van der Waals surface area contributed by atoms with Gasteiger partial charge in [0.25, 0.3) is 0 Å². The number of hydrogen-bond donors (Lipinski definition) is 2. The molecular formula is C19H20O4. The summed E-state index contributed by atoms with van der Waals surface area (Å²) in [6.07, 6.45) is 3.12. The average molecular weight is 312 g/mol. The van der Waals surface area contributed by atoms with Gasteiger partial charge in [-0.25, -0.2) is 0 Å². The van der Waals surface area contributed by atoms with Crippen molar-refractivity contribution in [1.29, 1.82) is 0 Å². The number of rotatable bonds is 5. The van der Waals surface area contributed by atoms with E-state index >= 15 is 0 Å². The lowest BCUT2D eigenvalue weighted by atomic mass is 9.98. The topological polar surface area (TPSA) is 66.8 Å². The fraction of sp³-hybridized carbons (Fsp3) is 0.211. The second-order valence-corrected chi connectivity index (χ2v) is 5.55. The Bertz CT molecular complexity index is 728. The fourth-order valence-corrected chi connectivity index (χ4v) is 2.26. The molecule has 0 aromatic heterocycles. The molecule has 0 radical (unpaired) electrons. The number of carbonyl (C=O) groups excluding carboxylic acids is 1. The van der Waals surface area contributed by atoms with Crippen LogP contribution in [0.1, 0.15) is 41.3 Å². The van der Waals surface area contributed by atoms with E-state index in [0.29, 0.717) is 11.3 Å². The predicted molar refractivity (Wildman–Crippen MR) is 90.2 cm³/mol. The van der Waals surface area contributed by atoms with Gasteiger partial charge in [-0.15, -0.1) is 0 Å². The third-order valence-electron chi connectivity index (χ3n) is 3.57. The molecule has 0 saturated heterocycles. The smallest absolute Gasteiger partial charge is 0.185 e. The maximum Gasteiger partial charge on any atom is 0.185 e. The first-order valence-corrected chi connectivity index (χ1v) is 7.34. The highest BCUT2D eigenvalue weighted by molar-refractivity contribution is 6.07. The molecule has 0 aliphatic carbocycles. The summed E-state index contributed by atoms with van der Waals surface area (Å²) < 4.78 is 5.26. The molecule has 2 N–H and O–H groups in total. The first-order chi connectivity index (χ1) is 10.9. The van der Waals surface area contributed by atoms with Crippen molar-refractivity contribution in [2.75, 3.05) is 7.11 Å². The minimum absolute atomic E-state index is 0.118. The minimum Gasteiger partial charge on any atom is -0.508 e. The van der Waals surface area contributed by atoms with Gasteiger partial charge in [-0.1, -0.05) is 13.8 Å². The van der Waals surface area contributed by atoms with Crippen LogP contribution >= 0.6 is 0 Å². The van der Waals surface area contributed by atoms with Crippen molar-refractivity contribution in [3.8, 4) is 17.2 Å². The molecule has 0 bridgehead atoms. The van der Waals surface area contributed by atoms with E-state index < -0.39 is 0 Å². The van der Waals surface area contributed by atoms with Gasteiger partial charge in [-0.2, -0.15) is 0 Å². The maximum absolute atomic E-state index is 12.2. The van der Waals surface area contributed by atoms with Gasteiger partial charge in [0.1, 0.15) is 17.2 Å². The van der Waals surface area contributed by atoms with E-state index in [9.17, 15) is 15.0 Å². The molecule has 120 valence electrons. The van der Waals surface area contributed by atoms with Crippen LogP contribution in [-0.2, 0) is 0 Å².